The predicted octanol–water partition coefficient (Wildman–Crippen LogP) is 3.47. The number of nitrogens with one attached hydrogen (secondary N) is 2. The van der Waals surface area contributed by atoms with Crippen molar-refractivity contribution in [2.75, 3.05) is 5.43 Å². The van der Waals surface area contributed by atoms with Crippen LogP contribution in [-0.2, 0) is 5.75 Å². The molecule has 27 heavy (non-hydrogen) atoms. The van der Waals surface area contributed by atoms with Crippen LogP contribution in [0.4, 0.5) is 11.6 Å². The van der Waals surface area contributed by atoms with Gasteiger partial charge in [0, 0.05) is 23.4 Å². The predicted molar refractivity (Wildman–Crippen MR) is 103 cm³/mol. The first kappa shape index (κ1) is 18.4. The Morgan fingerprint density at radius 3 is 2.85 bits per heavy atom. The van der Waals surface area contributed by atoms with Gasteiger partial charge in [-0.1, -0.05) is 41.6 Å². The molecule has 0 spiro atoms. The average molecular weight is 384 g/mol. The number of nitro benzene ring substituents is 1. The quantitative estimate of drug-likeness (QED) is 0.246. The highest BCUT2D eigenvalue weighted by Gasteiger charge is 2.09. The summed E-state index contributed by atoms with van der Waals surface area (Å²) in [6.07, 6.45) is 1.27. The highest BCUT2D eigenvalue weighted by atomic mass is 32.2. The highest BCUT2D eigenvalue weighted by Crippen LogP contribution is 2.22. The number of aromatic hydroxyl groups is 1. The number of phenols is 1. The standard InChI is InChI=1S/C17H16N6O3S/c1-11-2-4-12(5-3-11)10-27-17-19-16(21-22-17)20-18-9-13-8-14(23(25)26)6-7-15(13)24/h2-9,24H,10H2,1H3,(H2,19,20,21,22)/b18-9+. The molecule has 3 N–H and O–H groups in total. The van der Waals surface area contributed by atoms with E-state index in [4.69, 9.17) is 0 Å². The second-order valence-corrected chi connectivity index (χ2v) is 6.55. The van der Waals surface area contributed by atoms with Crippen molar-refractivity contribution in [3.05, 3.63) is 69.3 Å². The molecule has 0 atom stereocenters. The Morgan fingerprint density at radius 1 is 1.33 bits per heavy atom. The van der Waals surface area contributed by atoms with Gasteiger partial charge in [-0.25, -0.2) is 10.5 Å². The van der Waals surface area contributed by atoms with Crippen molar-refractivity contribution in [2.45, 2.75) is 17.8 Å². The lowest BCUT2D eigenvalue weighted by atomic mass is 10.2. The third-order valence-corrected chi connectivity index (χ3v) is 4.47. The molecule has 9 nitrogen and oxygen atoms in total. The summed E-state index contributed by atoms with van der Waals surface area (Å²) in [5, 5.41) is 31.8. The molecule has 0 amide bonds. The van der Waals surface area contributed by atoms with Crippen LogP contribution < -0.4 is 5.43 Å². The Morgan fingerprint density at radius 2 is 2.11 bits per heavy atom. The summed E-state index contributed by atoms with van der Waals surface area (Å²) in [7, 11) is 0. The van der Waals surface area contributed by atoms with E-state index in [1.54, 1.807) is 0 Å². The summed E-state index contributed by atoms with van der Waals surface area (Å²) in [6, 6.07) is 11.9. The van der Waals surface area contributed by atoms with Crippen LogP contribution in [0.25, 0.3) is 0 Å². The van der Waals surface area contributed by atoms with E-state index in [0.29, 0.717) is 11.1 Å². The van der Waals surface area contributed by atoms with Gasteiger partial charge in [0.2, 0.25) is 11.1 Å². The van der Waals surface area contributed by atoms with Gasteiger partial charge in [0.1, 0.15) is 5.75 Å². The number of anilines is 1. The first-order valence-electron chi connectivity index (χ1n) is 7.88. The first-order valence-corrected chi connectivity index (χ1v) is 8.87. The average Bonchev–Trinajstić information content (AvgIpc) is 3.10. The number of thioether (sulfide) groups is 1. The molecular formula is C17H16N6O3S. The molecule has 138 valence electrons. The minimum Gasteiger partial charge on any atom is -0.507 e. The van der Waals surface area contributed by atoms with Crippen LogP contribution in [0.2, 0.25) is 0 Å². The van der Waals surface area contributed by atoms with Crippen molar-refractivity contribution in [2.24, 2.45) is 5.10 Å². The van der Waals surface area contributed by atoms with Crippen molar-refractivity contribution < 1.29 is 10.0 Å². The van der Waals surface area contributed by atoms with Gasteiger partial charge < -0.3 is 5.11 Å². The van der Waals surface area contributed by atoms with Crippen molar-refractivity contribution in [3.8, 4) is 5.75 Å². The van der Waals surface area contributed by atoms with E-state index in [0.717, 1.165) is 5.75 Å². The van der Waals surface area contributed by atoms with E-state index in [1.807, 2.05) is 6.92 Å². The van der Waals surface area contributed by atoms with Crippen LogP contribution in [0, 0.1) is 17.0 Å². The lowest BCUT2D eigenvalue weighted by Crippen LogP contribution is -1.94. The maximum absolute atomic E-state index is 10.8. The van der Waals surface area contributed by atoms with Gasteiger partial charge in [-0.3, -0.25) is 10.1 Å². The lowest BCUT2D eigenvalue weighted by Gasteiger charge is -1.99. The van der Waals surface area contributed by atoms with Crippen molar-refractivity contribution in [1.82, 2.24) is 15.2 Å². The monoisotopic (exact) mass is 384 g/mol. The molecule has 0 saturated carbocycles. The fourth-order valence-electron chi connectivity index (χ4n) is 2.11. The normalized spacial score (nSPS) is 11.0. The van der Waals surface area contributed by atoms with Crippen LogP contribution in [0.15, 0.2) is 52.7 Å². The van der Waals surface area contributed by atoms with Crippen LogP contribution >= 0.6 is 11.8 Å². The fraction of sp³-hybridized carbons (Fsp3) is 0.118. The summed E-state index contributed by atoms with van der Waals surface area (Å²) >= 11 is 1.48. The van der Waals surface area contributed by atoms with Crippen LogP contribution in [-0.4, -0.2) is 31.4 Å². The molecule has 3 aromatic rings. The number of hydrogen-bond donors (Lipinski definition) is 3. The molecule has 0 fully saturated rings. The molecule has 1 heterocycles. The van der Waals surface area contributed by atoms with Gasteiger partial charge in [-0.05, 0) is 18.6 Å². The molecule has 0 saturated heterocycles. The summed E-state index contributed by atoms with van der Waals surface area (Å²) in [4.78, 5) is 14.5. The third kappa shape index (κ3) is 5.05. The fourth-order valence-corrected chi connectivity index (χ4v) is 2.87. The van der Waals surface area contributed by atoms with E-state index in [1.165, 1.54) is 47.3 Å². The number of nitro groups is 1. The topological polar surface area (TPSA) is 129 Å². The molecule has 2 aromatic carbocycles. The number of nitrogens with zero attached hydrogens (tertiary/aromatic N) is 4. The number of phenolic OH excluding ortho intramolecular Hbond substituents is 1. The smallest absolute Gasteiger partial charge is 0.270 e. The lowest BCUT2D eigenvalue weighted by molar-refractivity contribution is -0.384. The number of non-ortho nitro benzene ring substituents is 1. The van der Waals surface area contributed by atoms with E-state index in [-0.39, 0.29) is 17.0 Å². The molecule has 1 aromatic heterocycles. The summed E-state index contributed by atoms with van der Waals surface area (Å²) in [5.74, 6) is 0.947. The Balaban J connectivity index is 1.58. The SMILES string of the molecule is Cc1ccc(CSc2n[nH]c(N/N=C/c3cc([N+](=O)[O-])ccc3O)n2)cc1. The summed E-state index contributed by atoms with van der Waals surface area (Å²) < 4.78 is 0. The van der Waals surface area contributed by atoms with Crippen molar-refractivity contribution in [1.29, 1.82) is 0 Å². The van der Waals surface area contributed by atoms with Crippen LogP contribution in [0.5, 0.6) is 5.75 Å². The Bertz CT molecular complexity index is 971. The van der Waals surface area contributed by atoms with E-state index >= 15 is 0 Å². The maximum atomic E-state index is 10.8. The molecular weight excluding hydrogens is 368 g/mol. The molecule has 3 rings (SSSR count). The number of benzene rings is 2. The maximum Gasteiger partial charge on any atom is 0.270 e. The highest BCUT2D eigenvalue weighted by molar-refractivity contribution is 7.98. The van der Waals surface area contributed by atoms with Crippen molar-refractivity contribution in [3.63, 3.8) is 0 Å². The number of aryl methyl sites for hydroxylation is 1. The van der Waals surface area contributed by atoms with Gasteiger partial charge >= 0.3 is 0 Å². The largest absolute Gasteiger partial charge is 0.507 e. The van der Waals surface area contributed by atoms with Crippen LogP contribution in [0.1, 0.15) is 16.7 Å². The van der Waals surface area contributed by atoms with Gasteiger partial charge in [-0.15, -0.1) is 5.10 Å². The van der Waals surface area contributed by atoms with Crippen molar-refractivity contribution >= 4 is 29.6 Å². The zero-order chi connectivity index (χ0) is 19.2. The number of hydrogen-bond acceptors (Lipinski definition) is 8. The Labute approximate surface area is 158 Å². The third-order valence-electron chi connectivity index (χ3n) is 3.55. The second-order valence-electron chi connectivity index (χ2n) is 5.61. The number of aromatic amines is 1. The molecule has 10 heteroatoms. The minimum absolute atomic E-state index is 0.113. The van der Waals surface area contributed by atoms with Crippen LogP contribution in [0.3, 0.4) is 0 Å². The van der Waals surface area contributed by atoms with Gasteiger partial charge in [0.05, 0.1) is 11.1 Å². The van der Waals surface area contributed by atoms with E-state index in [2.05, 4.69) is 50.0 Å². The zero-order valence-corrected chi connectivity index (χ0v) is 15.1. The number of H-pyrrole nitrogens is 1. The Hall–Kier alpha value is -3.40. The zero-order valence-electron chi connectivity index (χ0n) is 14.3. The molecule has 0 unspecified atom stereocenters. The molecule has 0 aliphatic carbocycles. The van der Waals surface area contributed by atoms with Gasteiger partial charge in [-0.2, -0.15) is 10.1 Å². The van der Waals surface area contributed by atoms with E-state index in [9.17, 15) is 15.2 Å². The molecule has 0 aliphatic heterocycles. The molecule has 0 bridgehead atoms. The first-order chi connectivity index (χ1) is 13.0. The summed E-state index contributed by atoms with van der Waals surface area (Å²) in [5.41, 5.74) is 5.10. The summed E-state index contributed by atoms with van der Waals surface area (Å²) in [6.45, 7) is 2.04. The number of rotatable bonds is 7. The van der Waals surface area contributed by atoms with Gasteiger partial charge in [0.25, 0.3) is 5.69 Å². The number of aromatic nitrogens is 3. The minimum atomic E-state index is -0.543. The van der Waals surface area contributed by atoms with E-state index < -0.39 is 4.92 Å². The Kier molecular flexibility index (Phi) is 5.67. The van der Waals surface area contributed by atoms with Gasteiger partial charge in [0.15, 0.2) is 0 Å². The molecule has 0 radical (unpaired) electrons. The molecule has 0 aliphatic rings. The second kappa shape index (κ2) is 8.32. The number of hydrazone groups is 1.